The van der Waals surface area contributed by atoms with Gasteiger partial charge in [0.2, 0.25) is 5.91 Å². The molecule has 8 heteroatoms. The first-order chi connectivity index (χ1) is 19.2. The number of benzene rings is 1. The Hall–Kier alpha value is -3.33. The van der Waals surface area contributed by atoms with Gasteiger partial charge in [0.25, 0.3) is 0 Å². The van der Waals surface area contributed by atoms with E-state index in [1.165, 1.54) is 11.3 Å². The molecule has 1 unspecified atom stereocenters. The Balaban J connectivity index is 1.40. The number of nitrogens with zero attached hydrogens (tertiary/aromatic N) is 5. The molecular weight excluding hydrogens is 488 g/mol. The van der Waals surface area contributed by atoms with Gasteiger partial charge in [0, 0.05) is 48.3 Å². The molecule has 1 saturated heterocycles. The molecule has 1 fully saturated rings. The Morgan fingerprint density at radius 1 is 1.03 bits per heavy atom. The first-order valence-corrected chi connectivity index (χ1v) is 14.3. The summed E-state index contributed by atoms with van der Waals surface area (Å²) in [4.78, 5) is 27.7. The summed E-state index contributed by atoms with van der Waals surface area (Å²) in [7, 11) is 0. The normalized spacial score (nSPS) is 17.7. The number of morpholine rings is 1. The lowest BCUT2D eigenvalue weighted by molar-refractivity contribution is -0.135. The summed E-state index contributed by atoms with van der Waals surface area (Å²) in [5.41, 5.74) is 11.6. The number of hydrogen-bond donors (Lipinski definition) is 1. The van der Waals surface area contributed by atoms with Crippen LogP contribution in [0.3, 0.4) is 0 Å². The van der Waals surface area contributed by atoms with Gasteiger partial charge in [-0.3, -0.25) is 19.7 Å². The topological polar surface area (TPSA) is 89.5 Å². The molecule has 4 heterocycles. The number of aromatic nitrogens is 3. The van der Waals surface area contributed by atoms with Crippen LogP contribution in [0.5, 0.6) is 0 Å². The minimum Gasteiger partial charge on any atom is -0.378 e. The maximum atomic E-state index is 13.4. The number of aryl methyl sites for hydroxylation is 1. The number of hydrogen-bond acceptors (Lipinski definition) is 6. The maximum Gasteiger partial charge on any atom is 0.242 e. The largest absolute Gasteiger partial charge is 0.378 e. The van der Waals surface area contributed by atoms with Crippen molar-refractivity contribution in [3.05, 3.63) is 71.8 Å². The fraction of sp³-hybridized carbons (Fsp3) is 0.452. The molecule has 0 bridgehead atoms. The van der Waals surface area contributed by atoms with Gasteiger partial charge in [0.05, 0.1) is 36.2 Å². The second-order valence-corrected chi connectivity index (χ2v) is 10.7. The van der Waals surface area contributed by atoms with Crippen LogP contribution in [-0.2, 0) is 29.0 Å². The third-order valence-corrected chi connectivity index (χ3v) is 8.27. The van der Waals surface area contributed by atoms with Crippen LogP contribution in [0.1, 0.15) is 48.7 Å². The van der Waals surface area contributed by atoms with E-state index in [1.807, 2.05) is 29.4 Å². The number of ether oxygens (including phenoxy) is 1. The van der Waals surface area contributed by atoms with Crippen LogP contribution in [0.2, 0.25) is 0 Å². The summed E-state index contributed by atoms with van der Waals surface area (Å²) in [5.74, 6) is 0.126. The number of pyridine rings is 2. The van der Waals surface area contributed by atoms with Gasteiger partial charge in [-0.2, -0.15) is 0 Å². The predicted octanol–water partition coefficient (Wildman–Crippen LogP) is 4.06. The molecule has 2 aliphatic rings. The van der Waals surface area contributed by atoms with Crippen molar-refractivity contribution in [1.29, 1.82) is 0 Å². The van der Waals surface area contributed by atoms with Crippen LogP contribution >= 0.6 is 0 Å². The highest BCUT2D eigenvalue weighted by atomic mass is 16.5. The molecule has 39 heavy (non-hydrogen) atoms. The standard InChI is InChI=1S/C31H38N6O2/c32-13-3-4-16-36(28-11-5-7-23-8-6-14-34-30(23)28)21-26-31-25(12-15-33-26)24-9-1-2-10-27(24)37(31)22-29(38)35-17-19-39-20-18-35/h1-2,6,8-10,12,14-15,28H,3-5,7,11,13,16-22,32H2. The van der Waals surface area contributed by atoms with Crippen molar-refractivity contribution >= 4 is 27.7 Å². The zero-order valence-corrected chi connectivity index (χ0v) is 22.6. The average Bonchev–Trinajstić information content (AvgIpc) is 3.31. The van der Waals surface area contributed by atoms with Gasteiger partial charge < -0.3 is 19.9 Å². The van der Waals surface area contributed by atoms with Gasteiger partial charge >= 0.3 is 0 Å². The number of rotatable bonds is 9. The van der Waals surface area contributed by atoms with Crippen molar-refractivity contribution in [2.45, 2.75) is 51.2 Å². The van der Waals surface area contributed by atoms with Crippen molar-refractivity contribution < 1.29 is 9.53 Å². The molecule has 1 aromatic carbocycles. The van der Waals surface area contributed by atoms with Crippen molar-refractivity contribution in [3.63, 3.8) is 0 Å². The smallest absolute Gasteiger partial charge is 0.242 e. The van der Waals surface area contributed by atoms with Crippen molar-refractivity contribution in [3.8, 4) is 0 Å². The number of carbonyl (C=O) groups is 1. The van der Waals surface area contributed by atoms with E-state index < -0.39 is 0 Å². The summed E-state index contributed by atoms with van der Waals surface area (Å²) in [6.45, 7) is 5.10. The van der Waals surface area contributed by atoms with Crippen LogP contribution in [0.15, 0.2) is 54.9 Å². The second-order valence-electron chi connectivity index (χ2n) is 10.7. The molecular formula is C31H38N6O2. The lowest BCUT2D eigenvalue weighted by Gasteiger charge is -2.35. The highest BCUT2D eigenvalue weighted by Crippen LogP contribution is 2.36. The highest BCUT2D eigenvalue weighted by Gasteiger charge is 2.29. The highest BCUT2D eigenvalue weighted by molar-refractivity contribution is 6.09. The maximum absolute atomic E-state index is 13.4. The lowest BCUT2D eigenvalue weighted by Crippen LogP contribution is -2.42. The Kier molecular flexibility index (Phi) is 7.85. The van der Waals surface area contributed by atoms with Crippen LogP contribution in [-0.4, -0.2) is 69.6 Å². The van der Waals surface area contributed by atoms with Gasteiger partial charge in [-0.1, -0.05) is 24.3 Å². The van der Waals surface area contributed by atoms with E-state index >= 15 is 0 Å². The molecule has 0 spiro atoms. The molecule has 1 atom stereocenters. The third kappa shape index (κ3) is 5.29. The van der Waals surface area contributed by atoms with E-state index in [0.717, 1.165) is 66.1 Å². The molecule has 4 aromatic rings. The molecule has 2 N–H and O–H groups in total. The van der Waals surface area contributed by atoms with Crippen LogP contribution in [0, 0.1) is 0 Å². The van der Waals surface area contributed by atoms with Crippen molar-refractivity contribution in [2.75, 3.05) is 39.4 Å². The van der Waals surface area contributed by atoms with Crippen molar-refractivity contribution in [1.82, 2.24) is 24.3 Å². The van der Waals surface area contributed by atoms with E-state index in [4.69, 9.17) is 20.4 Å². The van der Waals surface area contributed by atoms with Crippen LogP contribution < -0.4 is 5.73 Å². The SMILES string of the molecule is NCCCCN(Cc1nccc2c3ccccc3n(CC(=O)N3CCOCC3)c12)C1CCCc2cccnc21. The van der Waals surface area contributed by atoms with Crippen LogP contribution in [0.25, 0.3) is 21.8 Å². The Morgan fingerprint density at radius 3 is 2.77 bits per heavy atom. The Bertz CT molecular complexity index is 1440. The number of nitrogens with two attached hydrogens (primary N) is 1. The summed E-state index contributed by atoms with van der Waals surface area (Å²) >= 11 is 0. The average molecular weight is 527 g/mol. The van der Waals surface area contributed by atoms with Gasteiger partial charge in [-0.05, 0) is 69.0 Å². The minimum atomic E-state index is 0.126. The molecule has 3 aromatic heterocycles. The summed E-state index contributed by atoms with van der Waals surface area (Å²) < 4.78 is 7.67. The number of para-hydroxylation sites is 1. The summed E-state index contributed by atoms with van der Waals surface area (Å²) in [6.07, 6.45) is 9.19. The summed E-state index contributed by atoms with van der Waals surface area (Å²) in [5, 5.41) is 2.31. The van der Waals surface area contributed by atoms with Gasteiger partial charge in [0.1, 0.15) is 6.54 Å². The fourth-order valence-electron chi connectivity index (χ4n) is 6.34. The molecule has 0 saturated carbocycles. The van der Waals surface area contributed by atoms with E-state index in [1.54, 1.807) is 0 Å². The quantitative estimate of drug-likeness (QED) is 0.331. The van der Waals surface area contributed by atoms with Crippen LogP contribution in [0.4, 0.5) is 0 Å². The first kappa shape index (κ1) is 25.9. The monoisotopic (exact) mass is 526 g/mol. The minimum absolute atomic E-state index is 0.126. The molecule has 0 radical (unpaired) electrons. The van der Waals surface area contributed by atoms with Gasteiger partial charge in [-0.25, -0.2) is 0 Å². The van der Waals surface area contributed by atoms with Gasteiger partial charge in [0.15, 0.2) is 0 Å². The van der Waals surface area contributed by atoms with E-state index in [9.17, 15) is 4.79 Å². The predicted molar refractivity (Wildman–Crippen MR) is 153 cm³/mol. The summed E-state index contributed by atoms with van der Waals surface area (Å²) in [6, 6.07) is 15.0. The molecule has 6 rings (SSSR count). The Labute approximate surface area is 229 Å². The zero-order valence-electron chi connectivity index (χ0n) is 22.6. The molecule has 1 aliphatic carbocycles. The third-order valence-electron chi connectivity index (χ3n) is 8.27. The second kappa shape index (κ2) is 11.8. The molecule has 204 valence electrons. The number of amides is 1. The van der Waals surface area contributed by atoms with Gasteiger partial charge in [-0.15, -0.1) is 0 Å². The first-order valence-electron chi connectivity index (χ1n) is 14.3. The Morgan fingerprint density at radius 2 is 1.90 bits per heavy atom. The number of fused-ring (bicyclic) bond motifs is 4. The van der Waals surface area contributed by atoms with E-state index in [-0.39, 0.29) is 11.9 Å². The molecule has 1 amide bonds. The number of unbranched alkanes of at least 4 members (excludes halogenated alkanes) is 1. The number of carbonyl (C=O) groups excluding carboxylic acids is 1. The zero-order chi connectivity index (χ0) is 26.6. The fourth-order valence-corrected chi connectivity index (χ4v) is 6.34. The molecule has 8 nitrogen and oxygen atoms in total. The van der Waals surface area contributed by atoms with E-state index in [0.29, 0.717) is 45.9 Å². The molecule has 1 aliphatic heterocycles. The van der Waals surface area contributed by atoms with Crippen molar-refractivity contribution in [2.24, 2.45) is 5.73 Å². The lowest BCUT2D eigenvalue weighted by atomic mass is 9.90. The van der Waals surface area contributed by atoms with E-state index in [2.05, 4.69) is 39.8 Å².